The minimum absolute atomic E-state index is 0.664. The summed E-state index contributed by atoms with van der Waals surface area (Å²) in [5, 5.41) is 4.32. The fourth-order valence-corrected chi connectivity index (χ4v) is 2.84. The fraction of sp³-hybridized carbons (Fsp3) is 0.647. The van der Waals surface area contributed by atoms with E-state index in [4.69, 9.17) is 11.6 Å². The number of halogens is 1. The summed E-state index contributed by atoms with van der Waals surface area (Å²) in [5.74, 6) is 0.664. The molecule has 0 amide bonds. The SMILES string of the molecule is CCCNCc1ccc(N(CC(C)C)C2CC2)c(Cl)c1. The Morgan fingerprint density at radius 3 is 2.65 bits per heavy atom. The molecule has 0 atom stereocenters. The van der Waals surface area contributed by atoms with E-state index in [0.717, 1.165) is 31.1 Å². The van der Waals surface area contributed by atoms with Crippen LogP contribution in [0.15, 0.2) is 18.2 Å². The van der Waals surface area contributed by atoms with Crippen LogP contribution in [-0.2, 0) is 6.54 Å². The molecule has 0 heterocycles. The van der Waals surface area contributed by atoms with Gasteiger partial charge in [-0.25, -0.2) is 0 Å². The molecule has 1 aliphatic rings. The van der Waals surface area contributed by atoms with Gasteiger partial charge in [-0.15, -0.1) is 0 Å². The van der Waals surface area contributed by atoms with Crippen molar-refractivity contribution in [2.75, 3.05) is 18.0 Å². The predicted molar refractivity (Wildman–Crippen MR) is 88.7 cm³/mol. The van der Waals surface area contributed by atoms with Crippen molar-refractivity contribution in [3.63, 3.8) is 0 Å². The zero-order valence-corrected chi connectivity index (χ0v) is 13.7. The molecule has 1 aliphatic carbocycles. The van der Waals surface area contributed by atoms with E-state index < -0.39 is 0 Å². The van der Waals surface area contributed by atoms with Crippen molar-refractivity contribution >= 4 is 17.3 Å². The van der Waals surface area contributed by atoms with E-state index >= 15 is 0 Å². The van der Waals surface area contributed by atoms with E-state index in [-0.39, 0.29) is 0 Å². The average molecular weight is 295 g/mol. The zero-order valence-electron chi connectivity index (χ0n) is 13.0. The summed E-state index contributed by atoms with van der Waals surface area (Å²) in [6.07, 6.45) is 3.78. The van der Waals surface area contributed by atoms with Gasteiger partial charge in [0.05, 0.1) is 10.7 Å². The molecule has 3 heteroatoms. The summed E-state index contributed by atoms with van der Waals surface area (Å²) >= 11 is 6.52. The van der Waals surface area contributed by atoms with Crippen LogP contribution < -0.4 is 10.2 Å². The number of anilines is 1. The summed E-state index contributed by atoms with van der Waals surface area (Å²) in [4.78, 5) is 2.50. The van der Waals surface area contributed by atoms with E-state index in [2.05, 4.69) is 49.2 Å². The molecule has 0 aromatic heterocycles. The molecular weight excluding hydrogens is 268 g/mol. The van der Waals surface area contributed by atoms with Gasteiger partial charge < -0.3 is 10.2 Å². The van der Waals surface area contributed by atoms with Crippen LogP contribution in [-0.4, -0.2) is 19.1 Å². The van der Waals surface area contributed by atoms with Gasteiger partial charge in [-0.3, -0.25) is 0 Å². The van der Waals surface area contributed by atoms with Gasteiger partial charge in [0.1, 0.15) is 0 Å². The summed E-state index contributed by atoms with van der Waals surface area (Å²) in [5.41, 5.74) is 2.48. The van der Waals surface area contributed by atoms with Crippen LogP contribution >= 0.6 is 11.6 Å². The van der Waals surface area contributed by atoms with Gasteiger partial charge in [0.15, 0.2) is 0 Å². The number of nitrogens with one attached hydrogen (secondary N) is 1. The lowest BCUT2D eigenvalue weighted by Crippen LogP contribution is -2.30. The highest BCUT2D eigenvalue weighted by Gasteiger charge is 2.30. The molecule has 1 fully saturated rings. The molecule has 112 valence electrons. The van der Waals surface area contributed by atoms with Gasteiger partial charge in [-0.1, -0.05) is 38.4 Å². The molecule has 2 nitrogen and oxygen atoms in total. The minimum atomic E-state index is 0.664. The van der Waals surface area contributed by atoms with Crippen LogP contribution in [0.25, 0.3) is 0 Å². The second-order valence-corrected chi connectivity index (χ2v) is 6.65. The highest BCUT2D eigenvalue weighted by Crippen LogP contribution is 2.36. The highest BCUT2D eigenvalue weighted by molar-refractivity contribution is 6.33. The van der Waals surface area contributed by atoms with Crippen molar-refractivity contribution in [2.24, 2.45) is 5.92 Å². The summed E-state index contributed by atoms with van der Waals surface area (Å²) in [7, 11) is 0. The second kappa shape index (κ2) is 7.33. The van der Waals surface area contributed by atoms with Crippen molar-refractivity contribution in [1.82, 2.24) is 5.32 Å². The third-order valence-electron chi connectivity index (χ3n) is 3.63. The van der Waals surface area contributed by atoms with E-state index in [1.165, 1.54) is 24.1 Å². The Kier molecular flexibility index (Phi) is 5.74. The van der Waals surface area contributed by atoms with Gasteiger partial charge in [0.25, 0.3) is 0 Å². The molecular formula is C17H27ClN2. The molecule has 1 aromatic carbocycles. The smallest absolute Gasteiger partial charge is 0.0642 e. The first-order valence-corrected chi connectivity index (χ1v) is 8.25. The van der Waals surface area contributed by atoms with Crippen molar-refractivity contribution in [3.05, 3.63) is 28.8 Å². The van der Waals surface area contributed by atoms with Crippen molar-refractivity contribution in [1.29, 1.82) is 0 Å². The quantitative estimate of drug-likeness (QED) is 0.712. The molecule has 0 aliphatic heterocycles. The predicted octanol–water partition coefficient (Wildman–Crippen LogP) is 4.46. The minimum Gasteiger partial charge on any atom is -0.367 e. The lowest BCUT2D eigenvalue weighted by molar-refractivity contribution is 0.607. The summed E-state index contributed by atoms with van der Waals surface area (Å²) < 4.78 is 0. The second-order valence-electron chi connectivity index (χ2n) is 6.24. The van der Waals surface area contributed by atoms with Crippen LogP contribution in [0.5, 0.6) is 0 Å². The summed E-state index contributed by atoms with van der Waals surface area (Å²) in [6.45, 7) is 9.78. The normalized spacial score (nSPS) is 14.8. The van der Waals surface area contributed by atoms with Crippen LogP contribution in [0.1, 0.15) is 45.6 Å². The van der Waals surface area contributed by atoms with Gasteiger partial charge in [0, 0.05) is 19.1 Å². The van der Waals surface area contributed by atoms with Crippen molar-refractivity contribution in [3.8, 4) is 0 Å². The van der Waals surface area contributed by atoms with Crippen LogP contribution in [0, 0.1) is 5.92 Å². The van der Waals surface area contributed by atoms with Gasteiger partial charge in [-0.05, 0) is 49.4 Å². The van der Waals surface area contributed by atoms with Gasteiger partial charge >= 0.3 is 0 Å². The Balaban J connectivity index is 2.06. The van der Waals surface area contributed by atoms with Gasteiger partial charge in [-0.2, -0.15) is 0 Å². The van der Waals surface area contributed by atoms with E-state index in [1.54, 1.807) is 0 Å². The Hall–Kier alpha value is -0.730. The molecule has 0 unspecified atom stereocenters. The fourth-order valence-electron chi connectivity index (χ4n) is 2.53. The van der Waals surface area contributed by atoms with Crippen molar-refractivity contribution < 1.29 is 0 Å². The standard InChI is InChI=1S/C17H27ClN2/c1-4-9-19-11-14-5-8-17(16(18)10-14)20(12-13(2)3)15-6-7-15/h5,8,10,13,15,19H,4,6-7,9,11-12H2,1-3H3. The average Bonchev–Trinajstić information content (AvgIpc) is 3.21. The molecule has 0 spiro atoms. The van der Waals surface area contributed by atoms with Crippen LogP contribution in [0.4, 0.5) is 5.69 Å². The van der Waals surface area contributed by atoms with Gasteiger partial charge in [0.2, 0.25) is 0 Å². The molecule has 0 saturated heterocycles. The largest absolute Gasteiger partial charge is 0.367 e. The Bertz CT molecular complexity index is 427. The maximum Gasteiger partial charge on any atom is 0.0642 e. The molecule has 0 bridgehead atoms. The maximum absolute atomic E-state index is 6.52. The summed E-state index contributed by atoms with van der Waals surface area (Å²) in [6, 6.07) is 7.24. The number of rotatable bonds is 8. The number of hydrogen-bond acceptors (Lipinski definition) is 2. The monoisotopic (exact) mass is 294 g/mol. The van der Waals surface area contributed by atoms with E-state index in [1.807, 2.05) is 0 Å². The lowest BCUT2D eigenvalue weighted by Gasteiger charge is -2.28. The Morgan fingerprint density at radius 2 is 2.10 bits per heavy atom. The van der Waals surface area contributed by atoms with E-state index in [0.29, 0.717) is 12.0 Å². The molecule has 0 radical (unpaired) electrons. The number of nitrogens with zero attached hydrogens (tertiary/aromatic N) is 1. The zero-order chi connectivity index (χ0) is 14.5. The first-order valence-electron chi connectivity index (χ1n) is 7.87. The van der Waals surface area contributed by atoms with Crippen LogP contribution in [0.3, 0.4) is 0 Å². The third-order valence-corrected chi connectivity index (χ3v) is 3.93. The third kappa shape index (κ3) is 4.39. The van der Waals surface area contributed by atoms with E-state index in [9.17, 15) is 0 Å². The lowest BCUT2D eigenvalue weighted by atomic mass is 10.1. The Morgan fingerprint density at radius 1 is 1.35 bits per heavy atom. The first-order chi connectivity index (χ1) is 9.61. The topological polar surface area (TPSA) is 15.3 Å². The van der Waals surface area contributed by atoms with Crippen LogP contribution in [0.2, 0.25) is 5.02 Å². The Labute approximate surface area is 128 Å². The number of hydrogen-bond donors (Lipinski definition) is 1. The molecule has 1 saturated carbocycles. The maximum atomic E-state index is 6.52. The molecule has 20 heavy (non-hydrogen) atoms. The molecule has 1 aromatic rings. The molecule has 1 N–H and O–H groups in total. The highest BCUT2D eigenvalue weighted by atomic mass is 35.5. The molecule has 2 rings (SSSR count). The number of benzene rings is 1. The first kappa shape index (κ1) is 15.7. The van der Waals surface area contributed by atoms with Crippen molar-refractivity contribution in [2.45, 2.75) is 52.6 Å².